The number of aromatic nitrogens is 1. The summed E-state index contributed by atoms with van der Waals surface area (Å²) in [6.45, 7) is 2.01. The van der Waals surface area contributed by atoms with Crippen LogP contribution in [0.1, 0.15) is 5.69 Å². The first kappa shape index (κ1) is 11.1. The number of halogens is 2. The lowest BCUT2D eigenvalue weighted by atomic mass is 10.2. The maximum absolute atomic E-state index is 5.20. The van der Waals surface area contributed by atoms with E-state index < -0.39 is 0 Å². The van der Waals surface area contributed by atoms with E-state index in [9.17, 15) is 0 Å². The van der Waals surface area contributed by atoms with Crippen LogP contribution in [-0.2, 0) is 0 Å². The minimum absolute atomic E-state index is 0.852. The summed E-state index contributed by atoms with van der Waals surface area (Å²) in [7, 11) is 1.67. The highest BCUT2D eigenvalue weighted by Crippen LogP contribution is 2.31. The molecule has 2 nitrogen and oxygen atoms in total. The molecule has 15 heavy (non-hydrogen) atoms. The van der Waals surface area contributed by atoms with Gasteiger partial charge >= 0.3 is 0 Å². The summed E-state index contributed by atoms with van der Waals surface area (Å²) in [5.41, 5.74) is 2.03. The van der Waals surface area contributed by atoms with Gasteiger partial charge < -0.3 is 4.74 Å². The number of methoxy groups -OCH3 is 1. The van der Waals surface area contributed by atoms with Crippen molar-refractivity contribution < 1.29 is 4.74 Å². The third-order valence-corrected chi connectivity index (χ3v) is 5.12. The number of ether oxygens (including phenoxy) is 1. The van der Waals surface area contributed by atoms with Gasteiger partial charge in [-0.05, 0) is 63.6 Å². The van der Waals surface area contributed by atoms with Crippen molar-refractivity contribution in [2.45, 2.75) is 6.92 Å². The molecule has 0 aliphatic rings. The van der Waals surface area contributed by atoms with E-state index in [-0.39, 0.29) is 0 Å². The van der Waals surface area contributed by atoms with E-state index in [0.717, 1.165) is 30.4 Å². The monoisotopic (exact) mass is 377 g/mol. The van der Waals surface area contributed by atoms with Gasteiger partial charge in [-0.2, -0.15) is 0 Å². The molecule has 2 aromatic rings. The quantitative estimate of drug-likeness (QED) is 0.703. The zero-order valence-corrected chi connectivity index (χ0v) is 12.1. The van der Waals surface area contributed by atoms with Gasteiger partial charge in [0.1, 0.15) is 5.75 Å². The van der Waals surface area contributed by atoms with E-state index in [1.54, 1.807) is 7.11 Å². The zero-order chi connectivity index (χ0) is 11.0. The Balaban J connectivity index is 2.81. The molecule has 0 saturated heterocycles. The standard InChI is InChI=1S/C11H9BrINO/c1-6-11(13)10(12)8-5-7(15-2)3-4-9(8)14-6/h3-5H,1-2H3. The first-order valence-electron chi connectivity index (χ1n) is 4.43. The number of nitrogens with zero attached hydrogens (tertiary/aromatic N) is 1. The molecule has 0 fully saturated rings. The number of benzene rings is 1. The lowest BCUT2D eigenvalue weighted by Crippen LogP contribution is -1.91. The summed E-state index contributed by atoms with van der Waals surface area (Å²) >= 11 is 5.88. The number of aryl methyl sites for hydroxylation is 1. The van der Waals surface area contributed by atoms with Crippen LogP contribution >= 0.6 is 38.5 Å². The largest absolute Gasteiger partial charge is 0.497 e. The fourth-order valence-corrected chi connectivity index (χ4v) is 2.44. The molecule has 0 bridgehead atoms. The highest BCUT2D eigenvalue weighted by atomic mass is 127. The van der Waals surface area contributed by atoms with E-state index >= 15 is 0 Å². The van der Waals surface area contributed by atoms with Crippen molar-refractivity contribution in [1.82, 2.24) is 4.98 Å². The molecule has 4 heteroatoms. The molecule has 0 radical (unpaired) electrons. The molecule has 1 aromatic heterocycles. The van der Waals surface area contributed by atoms with Crippen LogP contribution in [0.25, 0.3) is 10.9 Å². The van der Waals surface area contributed by atoms with Gasteiger partial charge in [0.2, 0.25) is 0 Å². The molecule has 0 atom stereocenters. The van der Waals surface area contributed by atoms with Gasteiger partial charge in [0.15, 0.2) is 0 Å². The van der Waals surface area contributed by atoms with Crippen LogP contribution in [0, 0.1) is 10.5 Å². The third kappa shape index (κ3) is 1.97. The number of pyridine rings is 1. The van der Waals surface area contributed by atoms with E-state index in [0.29, 0.717) is 0 Å². The molecule has 1 heterocycles. The molecule has 0 aliphatic carbocycles. The second-order valence-corrected chi connectivity index (χ2v) is 5.08. The fraction of sp³-hybridized carbons (Fsp3) is 0.182. The first-order valence-corrected chi connectivity index (χ1v) is 6.30. The van der Waals surface area contributed by atoms with Gasteiger partial charge in [0.25, 0.3) is 0 Å². The normalized spacial score (nSPS) is 10.7. The summed E-state index contributed by atoms with van der Waals surface area (Å²) in [6, 6.07) is 5.89. The maximum Gasteiger partial charge on any atom is 0.119 e. The van der Waals surface area contributed by atoms with Crippen LogP contribution in [0.5, 0.6) is 5.75 Å². The van der Waals surface area contributed by atoms with Crippen molar-refractivity contribution in [2.24, 2.45) is 0 Å². The Kier molecular flexibility index (Phi) is 3.16. The Bertz CT molecular complexity index is 527. The van der Waals surface area contributed by atoms with Crippen LogP contribution in [-0.4, -0.2) is 12.1 Å². The van der Waals surface area contributed by atoms with E-state index in [1.165, 1.54) is 0 Å². The van der Waals surface area contributed by atoms with Crippen molar-refractivity contribution in [2.75, 3.05) is 7.11 Å². The molecule has 0 aliphatic heterocycles. The van der Waals surface area contributed by atoms with Crippen LogP contribution in [0.4, 0.5) is 0 Å². The first-order chi connectivity index (χ1) is 7.13. The summed E-state index contributed by atoms with van der Waals surface area (Å²) in [5.74, 6) is 0.852. The fourth-order valence-electron chi connectivity index (χ4n) is 1.42. The molecule has 0 spiro atoms. The smallest absolute Gasteiger partial charge is 0.119 e. The molecule has 0 amide bonds. The molecular weight excluding hydrogens is 369 g/mol. The van der Waals surface area contributed by atoms with Crippen LogP contribution < -0.4 is 4.74 Å². The van der Waals surface area contributed by atoms with Gasteiger partial charge in [0.05, 0.1) is 18.3 Å². The molecule has 1 aromatic carbocycles. The highest BCUT2D eigenvalue weighted by Gasteiger charge is 2.08. The van der Waals surface area contributed by atoms with E-state index in [2.05, 4.69) is 43.5 Å². The number of fused-ring (bicyclic) bond motifs is 1. The summed E-state index contributed by atoms with van der Waals surface area (Å²) in [5, 5.41) is 1.09. The summed E-state index contributed by atoms with van der Waals surface area (Å²) < 4.78 is 7.43. The average Bonchev–Trinajstić information content (AvgIpc) is 2.26. The summed E-state index contributed by atoms with van der Waals surface area (Å²) in [6.07, 6.45) is 0. The van der Waals surface area contributed by atoms with Crippen molar-refractivity contribution in [3.63, 3.8) is 0 Å². The van der Waals surface area contributed by atoms with Crippen LogP contribution in [0.15, 0.2) is 22.7 Å². The van der Waals surface area contributed by atoms with Crippen molar-refractivity contribution >= 4 is 49.4 Å². The second-order valence-electron chi connectivity index (χ2n) is 3.21. The van der Waals surface area contributed by atoms with E-state index in [1.807, 2.05) is 25.1 Å². The van der Waals surface area contributed by atoms with Gasteiger partial charge in [-0.25, -0.2) is 0 Å². The maximum atomic E-state index is 5.20. The Morgan fingerprint density at radius 3 is 2.80 bits per heavy atom. The Morgan fingerprint density at radius 1 is 1.40 bits per heavy atom. The van der Waals surface area contributed by atoms with Crippen LogP contribution in [0.3, 0.4) is 0 Å². The molecule has 2 rings (SSSR count). The zero-order valence-electron chi connectivity index (χ0n) is 8.34. The molecule has 0 N–H and O–H groups in total. The van der Waals surface area contributed by atoms with Crippen molar-refractivity contribution in [3.8, 4) is 5.75 Å². The minimum atomic E-state index is 0.852. The molecule has 0 saturated carbocycles. The lowest BCUT2D eigenvalue weighted by molar-refractivity contribution is 0.415. The molecular formula is C11H9BrINO. The van der Waals surface area contributed by atoms with Gasteiger partial charge in [-0.1, -0.05) is 0 Å². The molecule has 0 unspecified atom stereocenters. The number of hydrogen-bond acceptors (Lipinski definition) is 2. The lowest BCUT2D eigenvalue weighted by Gasteiger charge is -2.07. The van der Waals surface area contributed by atoms with Gasteiger partial charge in [-0.3, -0.25) is 4.98 Å². The van der Waals surface area contributed by atoms with Crippen molar-refractivity contribution in [3.05, 3.63) is 31.9 Å². The molecule has 78 valence electrons. The highest BCUT2D eigenvalue weighted by molar-refractivity contribution is 14.1. The van der Waals surface area contributed by atoms with Gasteiger partial charge in [0, 0.05) is 13.4 Å². The second kappa shape index (κ2) is 4.25. The SMILES string of the molecule is COc1ccc2nc(C)c(I)c(Br)c2c1. The predicted molar refractivity (Wildman–Crippen MR) is 73.4 cm³/mol. The number of rotatable bonds is 1. The third-order valence-electron chi connectivity index (χ3n) is 2.24. The summed E-state index contributed by atoms with van der Waals surface area (Å²) in [4.78, 5) is 4.52. The predicted octanol–water partition coefficient (Wildman–Crippen LogP) is 3.92. The average molecular weight is 378 g/mol. The Morgan fingerprint density at radius 2 is 2.13 bits per heavy atom. The Hall–Kier alpha value is -0.360. The minimum Gasteiger partial charge on any atom is -0.497 e. The Labute approximate surface area is 110 Å². The van der Waals surface area contributed by atoms with Crippen molar-refractivity contribution in [1.29, 1.82) is 0 Å². The van der Waals surface area contributed by atoms with Gasteiger partial charge in [-0.15, -0.1) is 0 Å². The van der Waals surface area contributed by atoms with E-state index in [4.69, 9.17) is 4.74 Å². The van der Waals surface area contributed by atoms with Crippen LogP contribution in [0.2, 0.25) is 0 Å². The topological polar surface area (TPSA) is 22.1 Å². The number of hydrogen-bond donors (Lipinski definition) is 0.